The molecule has 1 unspecified atom stereocenters. The third kappa shape index (κ3) is 3.54. The first-order chi connectivity index (χ1) is 12.0. The van der Waals surface area contributed by atoms with Crippen molar-refractivity contribution in [1.82, 2.24) is 25.3 Å². The fraction of sp³-hybridized carbons (Fsp3) is 0.533. The third-order valence-corrected chi connectivity index (χ3v) is 4.85. The monoisotopic (exact) mass is 363 g/mol. The maximum Gasteiger partial charge on any atom is 0.245 e. The first-order valence-corrected chi connectivity index (χ1v) is 8.72. The summed E-state index contributed by atoms with van der Waals surface area (Å²) in [7, 11) is 3.62. The number of hydrogen-bond acceptors (Lipinski definition) is 10. The molecule has 134 valence electrons. The zero-order chi connectivity index (χ0) is 18.0. The molecule has 3 heterocycles. The van der Waals surface area contributed by atoms with Gasteiger partial charge in [0.05, 0.1) is 23.4 Å². The summed E-state index contributed by atoms with van der Waals surface area (Å²) in [6.07, 6.45) is 0. The number of aromatic nitrogens is 5. The summed E-state index contributed by atoms with van der Waals surface area (Å²) in [5.41, 5.74) is 1.77. The molecule has 0 saturated heterocycles. The summed E-state index contributed by atoms with van der Waals surface area (Å²) >= 11 is 1.69. The van der Waals surface area contributed by atoms with E-state index < -0.39 is 0 Å². The zero-order valence-electron chi connectivity index (χ0n) is 14.9. The molecule has 0 radical (unpaired) electrons. The van der Waals surface area contributed by atoms with Gasteiger partial charge in [-0.25, -0.2) is 19.6 Å². The Morgan fingerprint density at radius 3 is 2.56 bits per heavy atom. The van der Waals surface area contributed by atoms with Gasteiger partial charge in [0.1, 0.15) is 0 Å². The van der Waals surface area contributed by atoms with E-state index >= 15 is 0 Å². The number of methoxy groups -OCH3 is 1. The average Bonchev–Trinajstić information content (AvgIpc) is 3.18. The topological polar surface area (TPSA) is 102 Å². The van der Waals surface area contributed by atoms with Gasteiger partial charge in [0, 0.05) is 25.6 Å². The molecule has 0 amide bonds. The Bertz CT molecular complexity index is 863. The molecule has 25 heavy (non-hydrogen) atoms. The summed E-state index contributed by atoms with van der Waals surface area (Å²) < 4.78 is 9.83. The van der Waals surface area contributed by atoms with Gasteiger partial charge in [-0.2, -0.15) is 0 Å². The standard InChI is InChI=1S/C15H21N7O2S/c1-8(11-9(2)25-10(3)17-11)22(4)15-14(16-6-7-23-5)18-12-13(19-15)21-24-20-12/h8H,6-7H2,1-5H3,(H,16,18,20). The number of aryl methyl sites for hydroxylation is 2. The Labute approximate surface area is 149 Å². The SMILES string of the molecule is COCCNc1nc2nonc2nc1N(C)C(C)c1nc(C)sc1C. The maximum absolute atomic E-state index is 5.09. The number of fused-ring (bicyclic) bond motifs is 1. The van der Waals surface area contributed by atoms with Crippen LogP contribution in [0.2, 0.25) is 0 Å². The third-order valence-electron chi connectivity index (χ3n) is 3.94. The molecule has 0 fully saturated rings. The molecule has 3 aromatic rings. The molecule has 0 aromatic carbocycles. The highest BCUT2D eigenvalue weighted by Crippen LogP contribution is 2.32. The lowest BCUT2D eigenvalue weighted by molar-refractivity contribution is 0.210. The van der Waals surface area contributed by atoms with Crippen molar-refractivity contribution >= 4 is 34.3 Å². The van der Waals surface area contributed by atoms with Crippen LogP contribution in [0.4, 0.5) is 11.6 Å². The highest BCUT2D eigenvalue weighted by atomic mass is 32.1. The van der Waals surface area contributed by atoms with Gasteiger partial charge in [-0.05, 0) is 31.1 Å². The van der Waals surface area contributed by atoms with Gasteiger partial charge in [0.15, 0.2) is 11.6 Å². The Morgan fingerprint density at radius 1 is 1.20 bits per heavy atom. The minimum Gasteiger partial charge on any atom is -0.383 e. The summed E-state index contributed by atoms with van der Waals surface area (Å²) in [5.74, 6) is 1.27. The number of nitrogens with zero attached hydrogens (tertiary/aromatic N) is 6. The lowest BCUT2D eigenvalue weighted by Crippen LogP contribution is -2.25. The van der Waals surface area contributed by atoms with E-state index in [2.05, 4.69) is 44.4 Å². The number of thiazole rings is 1. The predicted octanol–water partition coefficient (Wildman–Crippen LogP) is 2.34. The van der Waals surface area contributed by atoms with E-state index in [4.69, 9.17) is 9.37 Å². The minimum absolute atomic E-state index is 0.0273. The molecule has 3 aromatic heterocycles. The van der Waals surface area contributed by atoms with Crippen molar-refractivity contribution in [3.8, 4) is 0 Å². The van der Waals surface area contributed by atoms with Gasteiger partial charge in [-0.1, -0.05) is 0 Å². The normalized spacial score (nSPS) is 12.5. The van der Waals surface area contributed by atoms with Crippen LogP contribution < -0.4 is 10.2 Å². The summed E-state index contributed by atoms with van der Waals surface area (Å²) in [4.78, 5) is 16.9. The van der Waals surface area contributed by atoms with Crippen LogP contribution in [0.3, 0.4) is 0 Å². The molecule has 0 spiro atoms. The van der Waals surface area contributed by atoms with Crippen LogP contribution in [0.5, 0.6) is 0 Å². The van der Waals surface area contributed by atoms with Gasteiger partial charge < -0.3 is 15.0 Å². The Balaban J connectivity index is 1.96. The molecule has 9 nitrogen and oxygen atoms in total. The van der Waals surface area contributed by atoms with E-state index in [-0.39, 0.29) is 6.04 Å². The predicted molar refractivity (Wildman–Crippen MR) is 96.2 cm³/mol. The number of hydrogen-bond donors (Lipinski definition) is 1. The molecule has 0 saturated carbocycles. The molecule has 0 aliphatic heterocycles. The van der Waals surface area contributed by atoms with Crippen LogP contribution in [-0.2, 0) is 4.74 Å². The fourth-order valence-corrected chi connectivity index (χ4v) is 3.47. The average molecular weight is 363 g/mol. The molecular weight excluding hydrogens is 342 g/mol. The molecular formula is C15H21N7O2S. The molecule has 0 aliphatic rings. The lowest BCUT2D eigenvalue weighted by Gasteiger charge is -2.26. The molecule has 3 rings (SSSR count). The Hall–Kier alpha value is -2.33. The zero-order valence-corrected chi connectivity index (χ0v) is 15.7. The van der Waals surface area contributed by atoms with Gasteiger partial charge in [0.2, 0.25) is 11.3 Å². The van der Waals surface area contributed by atoms with Crippen molar-refractivity contribution in [3.05, 3.63) is 15.6 Å². The highest BCUT2D eigenvalue weighted by molar-refractivity contribution is 7.11. The van der Waals surface area contributed by atoms with E-state index in [1.165, 1.54) is 4.88 Å². The van der Waals surface area contributed by atoms with Gasteiger partial charge in [-0.3, -0.25) is 0 Å². The van der Waals surface area contributed by atoms with Gasteiger partial charge in [0.25, 0.3) is 0 Å². The van der Waals surface area contributed by atoms with E-state index in [1.807, 2.05) is 18.9 Å². The highest BCUT2D eigenvalue weighted by Gasteiger charge is 2.23. The van der Waals surface area contributed by atoms with Crippen molar-refractivity contribution < 1.29 is 9.37 Å². The van der Waals surface area contributed by atoms with Crippen molar-refractivity contribution in [2.45, 2.75) is 26.8 Å². The van der Waals surface area contributed by atoms with Crippen LogP contribution >= 0.6 is 11.3 Å². The van der Waals surface area contributed by atoms with Crippen molar-refractivity contribution in [2.75, 3.05) is 37.5 Å². The Morgan fingerprint density at radius 2 is 1.92 bits per heavy atom. The summed E-state index contributed by atoms with van der Waals surface area (Å²) in [6, 6.07) is 0.0273. The first kappa shape index (κ1) is 17.5. The number of rotatable bonds is 7. The largest absolute Gasteiger partial charge is 0.383 e. The van der Waals surface area contributed by atoms with Crippen LogP contribution in [0.25, 0.3) is 11.3 Å². The van der Waals surface area contributed by atoms with E-state index in [0.29, 0.717) is 36.1 Å². The number of ether oxygens (including phenoxy) is 1. The van der Waals surface area contributed by atoms with Crippen LogP contribution in [-0.4, -0.2) is 52.6 Å². The second-order valence-electron chi connectivity index (χ2n) is 5.69. The fourth-order valence-electron chi connectivity index (χ4n) is 2.56. The van der Waals surface area contributed by atoms with Crippen molar-refractivity contribution in [3.63, 3.8) is 0 Å². The summed E-state index contributed by atoms with van der Waals surface area (Å²) in [6.45, 7) is 7.34. The minimum atomic E-state index is 0.0273. The van der Waals surface area contributed by atoms with Crippen molar-refractivity contribution in [1.29, 1.82) is 0 Å². The van der Waals surface area contributed by atoms with Crippen LogP contribution in [0.15, 0.2) is 4.63 Å². The molecule has 1 atom stereocenters. The lowest BCUT2D eigenvalue weighted by atomic mass is 10.2. The van der Waals surface area contributed by atoms with Gasteiger partial charge >= 0.3 is 0 Å². The van der Waals surface area contributed by atoms with Crippen LogP contribution in [0.1, 0.15) is 28.5 Å². The second-order valence-corrected chi connectivity index (χ2v) is 7.10. The molecule has 10 heteroatoms. The van der Waals surface area contributed by atoms with E-state index in [9.17, 15) is 0 Å². The maximum atomic E-state index is 5.09. The second kappa shape index (κ2) is 7.28. The van der Waals surface area contributed by atoms with Crippen LogP contribution in [0, 0.1) is 13.8 Å². The van der Waals surface area contributed by atoms with Crippen molar-refractivity contribution in [2.24, 2.45) is 0 Å². The number of nitrogens with one attached hydrogen (secondary N) is 1. The Kier molecular flexibility index (Phi) is 5.09. The number of anilines is 2. The first-order valence-electron chi connectivity index (χ1n) is 7.91. The molecule has 0 aliphatic carbocycles. The summed E-state index contributed by atoms with van der Waals surface area (Å²) in [5, 5.41) is 11.9. The van der Waals surface area contributed by atoms with E-state index in [0.717, 1.165) is 10.7 Å². The molecule has 0 bridgehead atoms. The quantitative estimate of drug-likeness (QED) is 0.634. The smallest absolute Gasteiger partial charge is 0.245 e. The van der Waals surface area contributed by atoms with Gasteiger partial charge in [-0.15, -0.1) is 11.3 Å². The molecule has 1 N–H and O–H groups in total. The van der Waals surface area contributed by atoms with E-state index in [1.54, 1.807) is 18.4 Å².